The zero-order chi connectivity index (χ0) is 22.9. The average Bonchev–Trinajstić information content (AvgIpc) is 3.38. The summed E-state index contributed by atoms with van der Waals surface area (Å²) in [6, 6.07) is 21.1. The molecule has 1 atom stereocenters. The molecule has 33 heavy (non-hydrogen) atoms. The van der Waals surface area contributed by atoms with E-state index >= 15 is 0 Å². The number of rotatable bonds is 10. The van der Waals surface area contributed by atoms with E-state index in [9.17, 15) is 10.1 Å². The van der Waals surface area contributed by atoms with Crippen molar-refractivity contribution in [2.75, 3.05) is 26.2 Å². The number of likely N-dealkylation sites (tertiary alicyclic amines) is 1. The molecule has 0 N–H and O–H groups in total. The third kappa shape index (κ3) is 6.51. The highest BCUT2D eigenvalue weighted by molar-refractivity contribution is 7.10. The SMILES string of the molecule is O=[N+]([O-])c1ccccc1OC/C=C/CN1CCC(OC(c2ccccc2)c2cccs2)CC1. The highest BCUT2D eigenvalue weighted by Crippen LogP contribution is 2.32. The molecule has 1 unspecified atom stereocenters. The van der Waals surface area contributed by atoms with E-state index < -0.39 is 4.92 Å². The Morgan fingerprint density at radius 2 is 1.79 bits per heavy atom. The lowest BCUT2D eigenvalue weighted by atomic mass is 10.0. The summed E-state index contributed by atoms with van der Waals surface area (Å²) in [6.45, 7) is 3.10. The number of para-hydroxylation sites is 2. The molecule has 1 aromatic heterocycles. The fourth-order valence-corrected chi connectivity index (χ4v) is 4.74. The maximum Gasteiger partial charge on any atom is 0.310 e. The predicted octanol–water partition coefficient (Wildman–Crippen LogP) is 5.86. The summed E-state index contributed by atoms with van der Waals surface area (Å²) in [6.07, 6.45) is 6.20. The van der Waals surface area contributed by atoms with Crippen molar-refractivity contribution in [2.24, 2.45) is 0 Å². The zero-order valence-corrected chi connectivity index (χ0v) is 19.2. The number of hydrogen-bond acceptors (Lipinski definition) is 6. The van der Waals surface area contributed by atoms with E-state index in [2.05, 4.69) is 52.8 Å². The van der Waals surface area contributed by atoms with Crippen LogP contribution in [0.1, 0.15) is 29.4 Å². The second-order valence-electron chi connectivity index (χ2n) is 7.95. The van der Waals surface area contributed by atoms with E-state index in [0.717, 1.165) is 32.5 Å². The molecule has 1 aliphatic rings. The van der Waals surface area contributed by atoms with Gasteiger partial charge in [-0.05, 0) is 35.9 Å². The van der Waals surface area contributed by atoms with Gasteiger partial charge in [0.1, 0.15) is 12.7 Å². The van der Waals surface area contributed by atoms with E-state index in [1.165, 1.54) is 16.5 Å². The van der Waals surface area contributed by atoms with Crippen LogP contribution >= 0.6 is 11.3 Å². The van der Waals surface area contributed by atoms with Gasteiger partial charge in [0, 0.05) is 30.6 Å². The lowest BCUT2D eigenvalue weighted by Crippen LogP contribution is -2.37. The molecule has 1 fully saturated rings. The Hall–Kier alpha value is -3.00. The van der Waals surface area contributed by atoms with Gasteiger partial charge in [-0.1, -0.05) is 60.7 Å². The Labute approximate surface area is 198 Å². The van der Waals surface area contributed by atoms with E-state index in [1.54, 1.807) is 29.5 Å². The minimum absolute atomic E-state index is 0.00988. The van der Waals surface area contributed by atoms with Crippen LogP contribution in [0, 0.1) is 10.1 Å². The molecule has 3 aromatic rings. The molecule has 4 rings (SSSR count). The highest BCUT2D eigenvalue weighted by atomic mass is 32.1. The van der Waals surface area contributed by atoms with Crippen LogP contribution in [0.15, 0.2) is 84.3 Å². The monoisotopic (exact) mass is 464 g/mol. The van der Waals surface area contributed by atoms with Crippen LogP contribution in [0.4, 0.5) is 5.69 Å². The summed E-state index contributed by atoms with van der Waals surface area (Å²) in [7, 11) is 0. The number of piperidine rings is 1. The summed E-state index contributed by atoms with van der Waals surface area (Å²) < 4.78 is 12.1. The summed E-state index contributed by atoms with van der Waals surface area (Å²) in [5.74, 6) is 0.295. The smallest absolute Gasteiger partial charge is 0.310 e. The quantitative estimate of drug-likeness (QED) is 0.214. The molecule has 0 spiro atoms. The fraction of sp³-hybridized carbons (Fsp3) is 0.308. The normalized spacial score (nSPS) is 16.1. The maximum atomic E-state index is 11.0. The van der Waals surface area contributed by atoms with Gasteiger partial charge in [-0.3, -0.25) is 15.0 Å². The molecule has 0 saturated carbocycles. The summed E-state index contributed by atoms with van der Waals surface area (Å²) in [4.78, 5) is 14.3. The topological polar surface area (TPSA) is 64.8 Å². The van der Waals surface area contributed by atoms with Gasteiger partial charge in [0.25, 0.3) is 0 Å². The molecule has 0 aliphatic carbocycles. The lowest BCUT2D eigenvalue weighted by Gasteiger charge is -2.33. The van der Waals surface area contributed by atoms with Crippen molar-refractivity contribution in [3.8, 4) is 5.75 Å². The Kier molecular flexibility index (Phi) is 8.24. The molecular weight excluding hydrogens is 436 g/mol. The van der Waals surface area contributed by atoms with Gasteiger partial charge in [0.2, 0.25) is 0 Å². The van der Waals surface area contributed by atoms with Gasteiger partial charge in [0.05, 0.1) is 11.0 Å². The van der Waals surface area contributed by atoms with Crippen LogP contribution in [-0.4, -0.2) is 42.2 Å². The van der Waals surface area contributed by atoms with E-state index in [1.807, 2.05) is 12.1 Å². The van der Waals surface area contributed by atoms with Crippen LogP contribution in [0.25, 0.3) is 0 Å². The standard InChI is InChI=1S/C26H28N2O4S/c29-28(30)23-11-4-5-12-24(23)31-19-7-6-16-27-17-14-22(15-18-27)32-26(25-13-8-20-33-25)21-9-2-1-3-10-21/h1-13,20,22,26H,14-19H2/b7-6+. The largest absolute Gasteiger partial charge is 0.483 e. The molecule has 6 nitrogen and oxygen atoms in total. The van der Waals surface area contributed by atoms with Gasteiger partial charge in [-0.25, -0.2) is 0 Å². The Balaban J connectivity index is 1.22. The minimum Gasteiger partial charge on any atom is -0.483 e. The Morgan fingerprint density at radius 3 is 2.52 bits per heavy atom. The van der Waals surface area contributed by atoms with E-state index in [-0.39, 0.29) is 17.9 Å². The van der Waals surface area contributed by atoms with E-state index in [0.29, 0.717) is 12.4 Å². The summed E-state index contributed by atoms with van der Waals surface area (Å²) >= 11 is 1.74. The first-order valence-electron chi connectivity index (χ1n) is 11.2. The predicted molar refractivity (Wildman–Crippen MR) is 131 cm³/mol. The molecule has 7 heteroatoms. The molecular formula is C26H28N2O4S. The summed E-state index contributed by atoms with van der Waals surface area (Å²) in [5, 5.41) is 13.1. The first-order valence-corrected chi connectivity index (χ1v) is 12.1. The third-order valence-corrected chi connectivity index (χ3v) is 6.61. The Morgan fingerprint density at radius 1 is 1.03 bits per heavy atom. The van der Waals surface area contributed by atoms with Crippen molar-refractivity contribution in [1.82, 2.24) is 4.90 Å². The first kappa shape index (κ1) is 23.2. The van der Waals surface area contributed by atoms with Gasteiger partial charge in [-0.2, -0.15) is 0 Å². The van der Waals surface area contributed by atoms with Gasteiger partial charge in [-0.15, -0.1) is 11.3 Å². The van der Waals surface area contributed by atoms with Gasteiger partial charge >= 0.3 is 5.69 Å². The molecule has 1 aliphatic heterocycles. The van der Waals surface area contributed by atoms with E-state index in [4.69, 9.17) is 9.47 Å². The van der Waals surface area contributed by atoms with Crippen LogP contribution in [0.5, 0.6) is 5.75 Å². The van der Waals surface area contributed by atoms with Crippen molar-refractivity contribution in [2.45, 2.75) is 25.0 Å². The van der Waals surface area contributed by atoms with Crippen LogP contribution < -0.4 is 4.74 Å². The lowest BCUT2D eigenvalue weighted by molar-refractivity contribution is -0.385. The molecule has 2 heterocycles. The van der Waals surface area contributed by atoms with Gasteiger partial charge in [0.15, 0.2) is 5.75 Å². The molecule has 172 valence electrons. The number of ether oxygens (including phenoxy) is 2. The summed E-state index contributed by atoms with van der Waals surface area (Å²) in [5.41, 5.74) is 1.19. The minimum atomic E-state index is -0.425. The van der Waals surface area contributed by atoms with Crippen molar-refractivity contribution in [1.29, 1.82) is 0 Å². The zero-order valence-electron chi connectivity index (χ0n) is 18.4. The van der Waals surface area contributed by atoms with Crippen LogP contribution in [0.2, 0.25) is 0 Å². The average molecular weight is 465 g/mol. The molecule has 2 aromatic carbocycles. The Bertz CT molecular complexity index is 1030. The molecule has 0 radical (unpaired) electrons. The number of thiophene rings is 1. The van der Waals surface area contributed by atoms with Crippen LogP contribution in [-0.2, 0) is 4.74 Å². The van der Waals surface area contributed by atoms with Crippen molar-refractivity contribution in [3.63, 3.8) is 0 Å². The highest BCUT2D eigenvalue weighted by Gasteiger charge is 2.24. The number of nitro benzene ring substituents is 1. The number of nitro groups is 1. The van der Waals surface area contributed by atoms with Crippen LogP contribution in [0.3, 0.4) is 0 Å². The fourth-order valence-electron chi connectivity index (χ4n) is 3.96. The number of benzene rings is 2. The molecule has 0 bridgehead atoms. The number of nitrogens with zero attached hydrogens (tertiary/aromatic N) is 2. The molecule has 1 saturated heterocycles. The van der Waals surface area contributed by atoms with Crippen molar-refractivity contribution < 1.29 is 14.4 Å². The maximum absolute atomic E-state index is 11.0. The number of hydrogen-bond donors (Lipinski definition) is 0. The molecule has 0 amide bonds. The first-order chi connectivity index (χ1) is 16.2. The van der Waals surface area contributed by atoms with Crippen molar-refractivity contribution >= 4 is 17.0 Å². The third-order valence-electron chi connectivity index (χ3n) is 5.69. The van der Waals surface area contributed by atoms with Crippen molar-refractivity contribution in [3.05, 3.63) is 105 Å². The van der Waals surface area contributed by atoms with Gasteiger partial charge < -0.3 is 9.47 Å². The second kappa shape index (κ2) is 11.7. The second-order valence-corrected chi connectivity index (χ2v) is 8.93.